The summed E-state index contributed by atoms with van der Waals surface area (Å²) in [7, 11) is 0. The third kappa shape index (κ3) is 5.74. The number of rotatable bonds is 9. The summed E-state index contributed by atoms with van der Waals surface area (Å²) in [6, 6.07) is 22.0. The van der Waals surface area contributed by atoms with E-state index in [4.69, 9.17) is 0 Å². The number of hydrogen-bond acceptors (Lipinski definition) is 4. The molecule has 0 saturated heterocycles. The number of benzene rings is 2. The number of aromatic nitrogens is 2. The maximum Gasteiger partial charge on any atom is 0.241 e. The zero-order chi connectivity index (χ0) is 21.3. The van der Waals surface area contributed by atoms with Crippen molar-refractivity contribution in [1.82, 2.24) is 20.6 Å². The number of nitrogens with one attached hydrogen (secondary N) is 2. The minimum atomic E-state index is -0.413. The second-order valence-electron chi connectivity index (χ2n) is 7.50. The van der Waals surface area contributed by atoms with Crippen LogP contribution in [0.4, 0.5) is 0 Å². The first-order chi connectivity index (χ1) is 15.3. The Balaban J connectivity index is 1.45. The molecule has 1 amide bonds. The Kier molecular flexibility index (Phi) is 6.98. The molecule has 0 bridgehead atoms. The first-order valence-electron chi connectivity index (χ1n) is 10.6. The molecule has 1 unspecified atom stereocenters. The van der Waals surface area contributed by atoms with E-state index in [1.165, 1.54) is 10.9 Å². The summed E-state index contributed by atoms with van der Waals surface area (Å²) in [5.74, 6) is -0.0148. The summed E-state index contributed by atoms with van der Waals surface area (Å²) in [5, 5.41) is 8.85. The number of carbonyl (C=O) groups is 1. The van der Waals surface area contributed by atoms with Gasteiger partial charge in [0.2, 0.25) is 5.91 Å². The van der Waals surface area contributed by atoms with Gasteiger partial charge in [-0.3, -0.25) is 14.8 Å². The third-order valence-electron chi connectivity index (χ3n) is 5.34. The smallest absolute Gasteiger partial charge is 0.241 e. The lowest BCUT2D eigenvalue weighted by atomic mass is 10.0. The van der Waals surface area contributed by atoms with Gasteiger partial charge in [-0.1, -0.05) is 36.4 Å². The molecule has 0 fully saturated rings. The number of fused-ring (bicyclic) bond motifs is 1. The molecule has 5 heteroatoms. The van der Waals surface area contributed by atoms with Crippen molar-refractivity contribution in [3.63, 3.8) is 0 Å². The lowest BCUT2D eigenvalue weighted by Crippen LogP contribution is -2.39. The van der Waals surface area contributed by atoms with E-state index >= 15 is 0 Å². The van der Waals surface area contributed by atoms with Gasteiger partial charge in [-0.2, -0.15) is 0 Å². The van der Waals surface area contributed by atoms with Crippen LogP contribution < -0.4 is 10.6 Å². The first-order valence-corrected chi connectivity index (χ1v) is 10.6. The van der Waals surface area contributed by atoms with Gasteiger partial charge in [0.05, 0.1) is 0 Å². The van der Waals surface area contributed by atoms with Crippen LogP contribution >= 0.6 is 0 Å². The van der Waals surface area contributed by atoms with E-state index in [0.717, 1.165) is 29.4 Å². The normalized spacial score (nSPS) is 11.9. The molecule has 156 valence electrons. The van der Waals surface area contributed by atoms with Crippen molar-refractivity contribution in [2.75, 3.05) is 13.1 Å². The van der Waals surface area contributed by atoms with E-state index in [-0.39, 0.29) is 5.91 Å². The molecule has 0 saturated carbocycles. The third-order valence-corrected chi connectivity index (χ3v) is 5.34. The lowest BCUT2D eigenvalue weighted by molar-refractivity contribution is -0.123. The van der Waals surface area contributed by atoms with Gasteiger partial charge in [0.15, 0.2) is 0 Å². The van der Waals surface area contributed by atoms with Crippen LogP contribution in [-0.2, 0) is 17.6 Å². The number of carbonyl (C=O) groups excluding carboxylic acids is 1. The molecular formula is C26H26N4O. The number of nitrogens with zero attached hydrogens (tertiary/aromatic N) is 2. The van der Waals surface area contributed by atoms with E-state index in [1.54, 1.807) is 24.8 Å². The average Bonchev–Trinajstić information content (AvgIpc) is 2.83. The monoisotopic (exact) mass is 410 g/mol. The van der Waals surface area contributed by atoms with E-state index in [0.29, 0.717) is 13.1 Å². The molecule has 4 rings (SSSR count). The van der Waals surface area contributed by atoms with Gasteiger partial charge >= 0.3 is 0 Å². The molecule has 2 N–H and O–H groups in total. The van der Waals surface area contributed by atoms with Gasteiger partial charge in [0, 0.05) is 37.9 Å². The second-order valence-corrected chi connectivity index (χ2v) is 7.50. The SMILES string of the molecule is O=C(NCCc1ccncc1)C(NCCc1ccncc1)c1ccc2ccccc2c1. The van der Waals surface area contributed by atoms with Crippen LogP contribution in [0.25, 0.3) is 10.8 Å². The molecule has 4 aromatic rings. The summed E-state index contributed by atoms with van der Waals surface area (Å²) in [6.45, 7) is 1.28. The number of pyridine rings is 2. The summed E-state index contributed by atoms with van der Waals surface area (Å²) >= 11 is 0. The van der Waals surface area contributed by atoms with Crippen molar-refractivity contribution in [3.8, 4) is 0 Å². The van der Waals surface area contributed by atoms with Crippen LogP contribution in [0.5, 0.6) is 0 Å². The Morgan fingerprint density at radius 2 is 1.35 bits per heavy atom. The molecule has 2 heterocycles. The molecule has 31 heavy (non-hydrogen) atoms. The summed E-state index contributed by atoms with van der Waals surface area (Å²) in [5.41, 5.74) is 3.32. The van der Waals surface area contributed by atoms with Crippen LogP contribution in [0.15, 0.2) is 91.5 Å². The van der Waals surface area contributed by atoms with E-state index in [2.05, 4.69) is 44.9 Å². The van der Waals surface area contributed by atoms with Gasteiger partial charge in [0.25, 0.3) is 0 Å². The maximum absolute atomic E-state index is 13.1. The Hall–Kier alpha value is -3.57. The van der Waals surface area contributed by atoms with Gasteiger partial charge in [-0.25, -0.2) is 0 Å². The highest BCUT2D eigenvalue weighted by Gasteiger charge is 2.20. The molecule has 5 nitrogen and oxygen atoms in total. The fourth-order valence-electron chi connectivity index (χ4n) is 3.64. The zero-order valence-electron chi connectivity index (χ0n) is 17.4. The van der Waals surface area contributed by atoms with Crippen LogP contribution in [0.2, 0.25) is 0 Å². The van der Waals surface area contributed by atoms with Gasteiger partial charge in [-0.15, -0.1) is 0 Å². The van der Waals surface area contributed by atoms with E-state index < -0.39 is 6.04 Å². The van der Waals surface area contributed by atoms with Crippen molar-refractivity contribution in [1.29, 1.82) is 0 Å². The van der Waals surface area contributed by atoms with Crippen LogP contribution in [0.3, 0.4) is 0 Å². The average molecular weight is 411 g/mol. The maximum atomic E-state index is 13.1. The fraction of sp³-hybridized carbons (Fsp3) is 0.192. The zero-order valence-corrected chi connectivity index (χ0v) is 17.4. The van der Waals surface area contributed by atoms with Crippen molar-refractivity contribution in [3.05, 3.63) is 108 Å². The van der Waals surface area contributed by atoms with Gasteiger partial charge in [-0.05, 0) is 70.6 Å². The van der Waals surface area contributed by atoms with E-state index in [9.17, 15) is 4.79 Å². The van der Waals surface area contributed by atoms with Crippen LogP contribution in [-0.4, -0.2) is 29.0 Å². The summed E-state index contributed by atoms with van der Waals surface area (Å²) < 4.78 is 0. The molecule has 0 aliphatic heterocycles. The highest BCUT2D eigenvalue weighted by Crippen LogP contribution is 2.21. The quantitative estimate of drug-likeness (QED) is 0.440. The highest BCUT2D eigenvalue weighted by atomic mass is 16.2. The Morgan fingerprint density at radius 1 is 0.742 bits per heavy atom. The van der Waals surface area contributed by atoms with Gasteiger partial charge < -0.3 is 10.6 Å². The Bertz CT molecular complexity index is 1120. The molecule has 0 aliphatic rings. The standard InChI is InChI=1S/C26H26N4O/c31-26(30-18-12-21-9-15-28-16-10-21)25(29-17-11-20-7-13-27-14-8-20)24-6-5-22-3-1-2-4-23(22)19-24/h1-10,13-16,19,25,29H,11-12,17-18H2,(H,30,31). The van der Waals surface area contributed by atoms with Crippen molar-refractivity contribution in [2.24, 2.45) is 0 Å². The molecule has 0 aliphatic carbocycles. The number of hydrogen-bond donors (Lipinski definition) is 2. The molecule has 0 radical (unpaired) electrons. The topological polar surface area (TPSA) is 66.9 Å². The highest BCUT2D eigenvalue weighted by molar-refractivity contribution is 5.87. The Morgan fingerprint density at radius 3 is 2.03 bits per heavy atom. The molecule has 2 aromatic heterocycles. The van der Waals surface area contributed by atoms with E-state index in [1.807, 2.05) is 42.5 Å². The lowest BCUT2D eigenvalue weighted by Gasteiger charge is -2.20. The molecule has 1 atom stereocenters. The molecule has 0 spiro atoms. The van der Waals surface area contributed by atoms with Crippen molar-refractivity contribution >= 4 is 16.7 Å². The number of amides is 1. The van der Waals surface area contributed by atoms with Crippen LogP contribution in [0, 0.1) is 0 Å². The van der Waals surface area contributed by atoms with Gasteiger partial charge in [0.1, 0.15) is 6.04 Å². The Labute approximate surface area is 182 Å². The summed E-state index contributed by atoms with van der Waals surface area (Å²) in [4.78, 5) is 21.2. The predicted octanol–water partition coefficient (Wildman–Crippen LogP) is 3.86. The van der Waals surface area contributed by atoms with Crippen molar-refractivity contribution < 1.29 is 4.79 Å². The molecular weight excluding hydrogens is 384 g/mol. The largest absolute Gasteiger partial charge is 0.354 e. The predicted molar refractivity (Wildman–Crippen MR) is 124 cm³/mol. The second kappa shape index (κ2) is 10.5. The molecule has 2 aromatic carbocycles. The summed E-state index contributed by atoms with van der Waals surface area (Å²) in [6.07, 6.45) is 8.74. The first kappa shape index (κ1) is 20.7. The minimum Gasteiger partial charge on any atom is -0.354 e. The minimum absolute atomic E-state index is 0.0148. The van der Waals surface area contributed by atoms with Crippen molar-refractivity contribution in [2.45, 2.75) is 18.9 Å². The fourth-order valence-corrected chi connectivity index (χ4v) is 3.64. The van der Waals surface area contributed by atoms with Crippen LogP contribution in [0.1, 0.15) is 22.7 Å².